The lowest BCUT2D eigenvalue weighted by atomic mass is 10.2. The van der Waals surface area contributed by atoms with Gasteiger partial charge in [0.2, 0.25) is 0 Å². The van der Waals surface area contributed by atoms with Gasteiger partial charge in [-0.3, -0.25) is 14.2 Å². The summed E-state index contributed by atoms with van der Waals surface area (Å²) >= 11 is 3.36. The summed E-state index contributed by atoms with van der Waals surface area (Å²) in [7, 11) is 1.56. The molecule has 2 rings (SSSR count). The molecule has 0 bridgehead atoms. The largest absolute Gasteiger partial charge is 0.478 e. The number of rotatable bonds is 5. The van der Waals surface area contributed by atoms with E-state index >= 15 is 0 Å². The van der Waals surface area contributed by atoms with Gasteiger partial charge in [0.25, 0.3) is 5.91 Å². The first-order valence-electron chi connectivity index (χ1n) is 6.19. The van der Waals surface area contributed by atoms with Crippen molar-refractivity contribution < 1.29 is 14.7 Å². The number of halogens is 1. The molecule has 2 aromatic rings. The highest BCUT2D eigenvalue weighted by Gasteiger charge is 2.21. The van der Waals surface area contributed by atoms with E-state index in [0.29, 0.717) is 6.54 Å². The Hall–Kier alpha value is -2.16. The van der Waals surface area contributed by atoms with Crippen LogP contribution in [-0.2, 0) is 20.1 Å². The van der Waals surface area contributed by atoms with Crippen LogP contribution in [0, 0.1) is 0 Å². The Morgan fingerprint density at radius 3 is 2.81 bits per heavy atom. The first-order valence-corrected chi connectivity index (χ1v) is 6.98. The number of carbonyl (C=O) groups excluding carboxylic acids is 1. The van der Waals surface area contributed by atoms with Gasteiger partial charge in [-0.25, -0.2) is 4.79 Å². The molecule has 0 spiro atoms. The zero-order valence-electron chi connectivity index (χ0n) is 11.5. The van der Waals surface area contributed by atoms with Crippen molar-refractivity contribution >= 4 is 27.8 Å². The number of aromatic carboxylic acids is 1. The zero-order chi connectivity index (χ0) is 15.6. The Bertz CT molecular complexity index is 691. The molecule has 0 radical (unpaired) electrons. The molecule has 0 aliphatic heterocycles. The van der Waals surface area contributed by atoms with E-state index in [1.165, 1.54) is 10.9 Å². The lowest BCUT2D eigenvalue weighted by Crippen LogP contribution is -2.26. The van der Waals surface area contributed by atoms with Crippen LogP contribution >= 0.6 is 15.9 Å². The van der Waals surface area contributed by atoms with Crippen LogP contribution in [0.1, 0.15) is 33.5 Å². The summed E-state index contributed by atoms with van der Waals surface area (Å²) < 4.78 is 3.81. The van der Waals surface area contributed by atoms with E-state index in [1.807, 2.05) is 6.92 Å². The van der Waals surface area contributed by atoms with Crippen LogP contribution in [-0.4, -0.2) is 36.5 Å². The number of hydrogen-bond donors (Lipinski definition) is 2. The van der Waals surface area contributed by atoms with Gasteiger partial charge in [0.1, 0.15) is 5.56 Å². The first kappa shape index (κ1) is 15.2. The highest BCUT2D eigenvalue weighted by atomic mass is 79.9. The molecule has 112 valence electrons. The van der Waals surface area contributed by atoms with Gasteiger partial charge in [0.15, 0.2) is 5.69 Å². The molecule has 0 aliphatic rings. The minimum atomic E-state index is -1.19. The molecule has 9 heteroatoms. The average molecular weight is 356 g/mol. The third-order valence-corrected chi connectivity index (χ3v) is 3.55. The molecule has 0 fully saturated rings. The Labute approximate surface area is 128 Å². The van der Waals surface area contributed by atoms with E-state index < -0.39 is 11.9 Å². The molecular weight excluding hydrogens is 342 g/mol. The maximum absolute atomic E-state index is 12.1. The number of nitrogens with one attached hydrogen (secondary N) is 1. The molecule has 0 saturated heterocycles. The van der Waals surface area contributed by atoms with Gasteiger partial charge in [-0.15, -0.1) is 0 Å². The number of hydrogen-bond acceptors (Lipinski definition) is 4. The quantitative estimate of drug-likeness (QED) is 0.833. The van der Waals surface area contributed by atoms with E-state index in [0.717, 1.165) is 10.2 Å². The Morgan fingerprint density at radius 1 is 1.48 bits per heavy atom. The summed E-state index contributed by atoms with van der Waals surface area (Å²) in [5, 5.41) is 19.7. The van der Waals surface area contributed by atoms with Gasteiger partial charge in [-0.1, -0.05) is 0 Å². The van der Waals surface area contributed by atoms with E-state index in [4.69, 9.17) is 5.11 Å². The number of nitrogens with zero attached hydrogens (tertiary/aromatic N) is 4. The number of carboxylic acids is 1. The molecule has 0 aromatic carbocycles. The summed E-state index contributed by atoms with van der Waals surface area (Å²) in [5.74, 6) is -1.73. The Morgan fingerprint density at radius 2 is 2.19 bits per heavy atom. The lowest BCUT2D eigenvalue weighted by Gasteiger charge is -2.07. The second kappa shape index (κ2) is 6.08. The van der Waals surface area contributed by atoms with Crippen LogP contribution < -0.4 is 5.32 Å². The Kier molecular flexibility index (Phi) is 4.41. The van der Waals surface area contributed by atoms with Crippen molar-refractivity contribution in [1.29, 1.82) is 0 Å². The number of amides is 1. The van der Waals surface area contributed by atoms with Crippen molar-refractivity contribution in [3.63, 3.8) is 0 Å². The fraction of sp³-hybridized carbons (Fsp3) is 0.333. The smallest absolute Gasteiger partial charge is 0.339 e. The minimum Gasteiger partial charge on any atom is -0.478 e. The van der Waals surface area contributed by atoms with Crippen LogP contribution in [0.5, 0.6) is 0 Å². The van der Waals surface area contributed by atoms with Crippen molar-refractivity contribution in [1.82, 2.24) is 24.9 Å². The second-order valence-electron chi connectivity index (χ2n) is 4.31. The summed E-state index contributed by atoms with van der Waals surface area (Å²) in [5.41, 5.74) is 0.570. The molecule has 0 aliphatic carbocycles. The van der Waals surface area contributed by atoms with E-state index in [9.17, 15) is 9.59 Å². The van der Waals surface area contributed by atoms with Crippen molar-refractivity contribution in [2.75, 3.05) is 0 Å². The van der Waals surface area contributed by atoms with Gasteiger partial charge < -0.3 is 10.4 Å². The molecular formula is C12H14BrN5O3. The normalized spacial score (nSPS) is 10.6. The maximum atomic E-state index is 12.1. The number of aryl methyl sites for hydroxylation is 2. The second-order valence-corrected chi connectivity index (χ2v) is 5.16. The zero-order valence-corrected chi connectivity index (χ0v) is 13.1. The molecule has 8 nitrogen and oxygen atoms in total. The minimum absolute atomic E-state index is 0.108. The first-order chi connectivity index (χ1) is 9.93. The summed E-state index contributed by atoms with van der Waals surface area (Å²) in [6.07, 6.45) is 2.94. The van der Waals surface area contributed by atoms with Crippen LogP contribution in [0.15, 0.2) is 16.9 Å². The van der Waals surface area contributed by atoms with Crippen molar-refractivity contribution in [3.8, 4) is 0 Å². The van der Waals surface area contributed by atoms with Crippen LogP contribution in [0.4, 0.5) is 0 Å². The van der Waals surface area contributed by atoms with Crippen molar-refractivity contribution in [2.45, 2.75) is 20.0 Å². The molecule has 0 unspecified atom stereocenters. The van der Waals surface area contributed by atoms with Crippen LogP contribution in [0.3, 0.4) is 0 Å². The van der Waals surface area contributed by atoms with Gasteiger partial charge in [-0.05, 0) is 22.9 Å². The molecule has 21 heavy (non-hydrogen) atoms. The van der Waals surface area contributed by atoms with Crippen molar-refractivity contribution in [3.05, 3.63) is 33.8 Å². The third kappa shape index (κ3) is 3.13. The topological polar surface area (TPSA) is 102 Å². The van der Waals surface area contributed by atoms with E-state index in [-0.39, 0.29) is 17.8 Å². The molecule has 2 N–H and O–H groups in total. The van der Waals surface area contributed by atoms with Gasteiger partial charge in [0.05, 0.1) is 22.9 Å². The third-order valence-electron chi connectivity index (χ3n) is 2.89. The van der Waals surface area contributed by atoms with Gasteiger partial charge in [0, 0.05) is 19.8 Å². The van der Waals surface area contributed by atoms with Crippen molar-refractivity contribution in [2.24, 2.45) is 7.05 Å². The molecule has 2 aromatic heterocycles. The molecule has 0 atom stereocenters. The Balaban J connectivity index is 2.15. The summed E-state index contributed by atoms with van der Waals surface area (Å²) in [6, 6.07) is 0. The monoisotopic (exact) mass is 355 g/mol. The highest BCUT2D eigenvalue weighted by molar-refractivity contribution is 9.10. The number of carbonyl (C=O) groups is 2. The maximum Gasteiger partial charge on any atom is 0.339 e. The highest BCUT2D eigenvalue weighted by Crippen LogP contribution is 2.16. The fourth-order valence-electron chi connectivity index (χ4n) is 1.90. The standard InChI is InChI=1S/C12H14BrN5O3/c1-3-18-9(8(13)4-15-18)5-14-11(19)10-7(12(20)21)6-17(2)16-10/h4,6H,3,5H2,1-2H3,(H,14,19)(H,20,21). The summed E-state index contributed by atoms with van der Waals surface area (Å²) in [4.78, 5) is 23.2. The van der Waals surface area contributed by atoms with Gasteiger partial charge in [-0.2, -0.15) is 10.2 Å². The lowest BCUT2D eigenvalue weighted by molar-refractivity contribution is 0.0691. The van der Waals surface area contributed by atoms with Crippen LogP contribution in [0.25, 0.3) is 0 Å². The predicted octanol–water partition coefficient (Wildman–Crippen LogP) is 1.03. The SMILES string of the molecule is CCn1ncc(Br)c1CNC(=O)c1nn(C)cc1C(=O)O. The molecule has 0 saturated carbocycles. The number of carboxylic acid groups (broad SMARTS) is 1. The van der Waals surface area contributed by atoms with Gasteiger partial charge >= 0.3 is 5.97 Å². The molecule has 2 heterocycles. The van der Waals surface area contributed by atoms with Crippen LogP contribution in [0.2, 0.25) is 0 Å². The molecule has 1 amide bonds. The summed E-state index contributed by atoms with van der Waals surface area (Å²) in [6.45, 7) is 2.83. The fourth-order valence-corrected chi connectivity index (χ4v) is 2.33. The number of aromatic nitrogens is 4. The average Bonchev–Trinajstić information content (AvgIpc) is 2.99. The predicted molar refractivity (Wildman–Crippen MR) is 76.9 cm³/mol. The van der Waals surface area contributed by atoms with E-state index in [2.05, 4.69) is 31.4 Å². The van der Waals surface area contributed by atoms with E-state index in [1.54, 1.807) is 17.9 Å².